The zero-order valence-corrected chi connectivity index (χ0v) is 12.2. The molecular weight excluding hydrogens is 248 g/mol. The Hall–Kier alpha value is -0.710. The first kappa shape index (κ1) is 15.3. The third-order valence-electron chi connectivity index (χ3n) is 3.27. The molecule has 1 aromatic heterocycles. The summed E-state index contributed by atoms with van der Waals surface area (Å²) >= 11 is 0. The fraction of sp³-hybridized carbons (Fsp3) is 0.692. The number of aromatic nitrogens is 2. The predicted octanol–water partition coefficient (Wildman–Crippen LogP) is 1.82. The first-order valence-corrected chi connectivity index (χ1v) is 6.42. The van der Waals surface area contributed by atoms with E-state index in [4.69, 9.17) is 0 Å². The third kappa shape index (κ3) is 3.90. The van der Waals surface area contributed by atoms with Crippen molar-refractivity contribution in [1.29, 1.82) is 0 Å². The van der Waals surface area contributed by atoms with Crippen LogP contribution in [0.5, 0.6) is 0 Å². The molecule has 0 aliphatic carbocycles. The molecule has 4 nitrogen and oxygen atoms in total. The lowest BCUT2D eigenvalue weighted by molar-refractivity contribution is 0.165. The number of hydrogen-bond acceptors (Lipinski definition) is 4. The minimum atomic E-state index is 0. The van der Waals surface area contributed by atoms with E-state index < -0.39 is 0 Å². The predicted molar refractivity (Wildman–Crippen MR) is 76.1 cm³/mol. The van der Waals surface area contributed by atoms with Crippen molar-refractivity contribution in [2.75, 3.05) is 19.6 Å². The maximum absolute atomic E-state index is 4.42. The Kier molecular flexibility index (Phi) is 5.99. The molecule has 102 valence electrons. The summed E-state index contributed by atoms with van der Waals surface area (Å²) in [5.74, 6) is 1.34. The largest absolute Gasteiger partial charge is 0.314 e. The topological polar surface area (TPSA) is 41.1 Å². The van der Waals surface area contributed by atoms with Gasteiger partial charge in [0.25, 0.3) is 0 Å². The van der Waals surface area contributed by atoms with Crippen molar-refractivity contribution in [3.63, 3.8) is 0 Å². The van der Waals surface area contributed by atoms with Crippen molar-refractivity contribution in [3.8, 4) is 0 Å². The lowest BCUT2D eigenvalue weighted by Crippen LogP contribution is -2.49. The first-order chi connectivity index (χ1) is 8.16. The molecule has 1 atom stereocenters. The summed E-state index contributed by atoms with van der Waals surface area (Å²) in [5.41, 5.74) is 1.21. The van der Waals surface area contributed by atoms with Gasteiger partial charge in [-0.25, -0.2) is 9.97 Å². The molecule has 1 N–H and O–H groups in total. The molecule has 1 aliphatic heterocycles. The van der Waals surface area contributed by atoms with Gasteiger partial charge in [0.15, 0.2) is 0 Å². The van der Waals surface area contributed by atoms with Crippen LogP contribution in [0.1, 0.15) is 38.1 Å². The van der Waals surface area contributed by atoms with E-state index in [9.17, 15) is 0 Å². The molecule has 1 aliphatic rings. The van der Waals surface area contributed by atoms with Crippen LogP contribution < -0.4 is 5.32 Å². The summed E-state index contributed by atoms with van der Waals surface area (Å²) in [6.07, 6.45) is 3.94. The van der Waals surface area contributed by atoms with E-state index >= 15 is 0 Å². The Labute approximate surface area is 116 Å². The number of rotatable bonds is 3. The van der Waals surface area contributed by atoms with E-state index in [1.165, 1.54) is 5.56 Å². The van der Waals surface area contributed by atoms with Crippen molar-refractivity contribution < 1.29 is 0 Å². The van der Waals surface area contributed by atoms with Crippen molar-refractivity contribution in [2.24, 2.45) is 0 Å². The van der Waals surface area contributed by atoms with Gasteiger partial charge in [-0.3, -0.25) is 4.90 Å². The second-order valence-corrected chi connectivity index (χ2v) is 5.13. The minimum Gasteiger partial charge on any atom is -0.314 e. The Morgan fingerprint density at radius 1 is 1.39 bits per heavy atom. The van der Waals surface area contributed by atoms with E-state index in [2.05, 4.69) is 41.0 Å². The van der Waals surface area contributed by atoms with Crippen molar-refractivity contribution in [2.45, 2.75) is 39.3 Å². The summed E-state index contributed by atoms with van der Waals surface area (Å²) in [6, 6.07) is 0.591. The van der Waals surface area contributed by atoms with Crippen molar-refractivity contribution in [3.05, 3.63) is 23.8 Å². The standard InChI is InChI=1S/C13H22N4.ClH/c1-10(2)13-15-7-12(8-16-13)9-17-5-4-14-6-11(17)3;/h7-8,10-11,14H,4-6,9H2,1-3H3;1H. The molecule has 1 saturated heterocycles. The van der Waals surface area contributed by atoms with E-state index in [1.54, 1.807) is 0 Å². The summed E-state index contributed by atoms with van der Waals surface area (Å²) in [4.78, 5) is 11.3. The number of piperazine rings is 1. The van der Waals surface area contributed by atoms with E-state index in [0.29, 0.717) is 12.0 Å². The van der Waals surface area contributed by atoms with Gasteiger partial charge in [0.2, 0.25) is 0 Å². The minimum absolute atomic E-state index is 0. The highest BCUT2D eigenvalue weighted by molar-refractivity contribution is 5.85. The Bertz CT molecular complexity index is 353. The maximum Gasteiger partial charge on any atom is 0.130 e. The van der Waals surface area contributed by atoms with Gasteiger partial charge in [-0.15, -0.1) is 12.4 Å². The highest BCUT2D eigenvalue weighted by Gasteiger charge is 2.17. The lowest BCUT2D eigenvalue weighted by atomic mass is 10.2. The van der Waals surface area contributed by atoms with Crippen LogP contribution in [0.25, 0.3) is 0 Å². The molecule has 0 aromatic carbocycles. The molecule has 18 heavy (non-hydrogen) atoms. The van der Waals surface area contributed by atoms with Crippen LogP contribution in [-0.2, 0) is 6.54 Å². The lowest BCUT2D eigenvalue weighted by Gasteiger charge is -2.33. The van der Waals surface area contributed by atoms with Gasteiger partial charge in [-0.1, -0.05) is 13.8 Å². The first-order valence-electron chi connectivity index (χ1n) is 6.42. The quantitative estimate of drug-likeness (QED) is 0.910. The van der Waals surface area contributed by atoms with Gasteiger partial charge in [0.05, 0.1) is 0 Å². The Morgan fingerprint density at radius 2 is 2.06 bits per heavy atom. The van der Waals surface area contributed by atoms with Crippen LogP contribution in [0.15, 0.2) is 12.4 Å². The summed E-state index contributed by atoms with van der Waals surface area (Å²) in [6.45, 7) is 10.7. The van der Waals surface area contributed by atoms with Gasteiger partial charge >= 0.3 is 0 Å². The monoisotopic (exact) mass is 270 g/mol. The van der Waals surface area contributed by atoms with Gasteiger partial charge < -0.3 is 5.32 Å². The van der Waals surface area contributed by atoms with Crippen molar-refractivity contribution >= 4 is 12.4 Å². The molecule has 2 rings (SSSR count). The fourth-order valence-corrected chi connectivity index (χ4v) is 2.10. The normalized spacial score (nSPS) is 20.8. The van der Waals surface area contributed by atoms with Gasteiger partial charge in [-0.05, 0) is 6.92 Å². The molecule has 1 unspecified atom stereocenters. The number of nitrogens with zero attached hydrogens (tertiary/aromatic N) is 3. The summed E-state index contributed by atoms with van der Waals surface area (Å²) in [7, 11) is 0. The summed E-state index contributed by atoms with van der Waals surface area (Å²) in [5, 5.41) is 3.40. The Balaban J connectivity index is 0.00000162. The van der Waals surface area contributed by atoms with Crippen LogP contribution in [0, 0.1) is 0 Å². The molecule has 0 amide bonds. The fourth-order valence-electron chi connectivity index (χ4n) is 2.10. The number of nitrogens with one attached hydrogen (secondary N) is 1. The third-order valence-corrected chi connectivity index (χ3v) is 3.27. The highest BCUT2D eigenvalue weighted by Crippen LogP contribution is 2.11. The zero-order valence-electron chi connectivity index (χ0n) is 11.4. The second-order valence-electron chi connectivity index (χ2n) is 5.13. The molecule has 0 radical (unpaired) electrons. The van der Waals surface area contributed by atoms with Crippen LogP contribution >= 0.6 is 12.4 Å². The van der Waals surface area contributed by atoms with Crippen LogP contribution in [0.2, 0.25) is 0 Å². The summed E-state index contributed by atoms with van der Waals surface area (Å²) < 4.78 is 0. The average Bonchev–Trinajstić information content (AvgIpc) is 2.33. The highest BCUT2D eigenvalue weighted by atomic mass is 35.5. The molecule has 2 heterocycles. The number of halogens is 1. The van der Waals surface area contributed by atoms with E-state index in [0.717, 1.165) is 32.0 Å². The molecule has 0 bridgehead atoms. The van der Waals surface area contributed by atoms with E-state index in [1.807, 2.05) is 12.4 Å². The SMILES string of the molecule is CC(C)c1ncc(CN2CCNCC2C)cn1.Cl. The average molecular weight is 271 g/mol. The van der Waals surface area contributed by atoms with Gasteiger partial charge in [-0.2, -0.15) is 0 Å². The van der Waals surface area contributed by atoms with Crippen LogP contribution in [0.4, 0.5) is 0 Å². The van der Waals surface area contributed by atoms with E-state index in [-0.39, 0.29) is 12.4 Å². The van der Waals surface area contributed by atoms with Gasteiger partial charge in [0, 0.05) is 56.1 Å². The maximum atomic E-state index is 4.42. The van der Waals surface area contributed by atoms with Gasteiger partial charge in [0.1, 0.15) is 5.82 Å². The molecule has 0 saturated carbocycles. The van der Waals surface area contributed by atoms with Crippen molar-refractivity contribution in [1.82, 2.24) is 20.2 Å². The molecular formula is C13H23ClN4. The Morgan fingerprint density at radius 3 is 2.61 bits per heavy atom. The number of hydrogen-bond donors (Lipinski definition) is 1. The molecule has 1 aromatic rings. The molecule has 5 heteroatoms. The zero-order chi connectivity index (χ0) is 12.3. The second kappa shape index (κ2) is 7.02. The smallest absolute Gasteiger partial charge is 0.130 e. The van der Waals surface area contributed by atoms with Crippen LogP contribution in [0.3, 0.4) is 0 Å². The molecule has 0 spiro atoms. The molecule has 1 fully saturated rings. The van der Waals surface area contributed by atoms with Crippen LogP contribution in [-0.4, -0.2) is 40.5 Å².